The number of hydrogen-bond acceptors (Lipinski definition) is 3. The second-order valence-corrected chi connectivity index (χ2v) is 8.12. The molecular formula is C24H29N3O2. The third kappa shape index (κ3) is 4.35. The van der Waals surface area contributed by atoms with E-state index in [9.17, 15) is 9.59 Å². The molecule has 0 bridgehead atoms. The molecule has 0 aromatic heterocycles. The maximum Gasteiger partial charge on any atom is 0.248 e. The van der Waals surface area contributed by atoms with Gasteiger partial charge < -0.3 is 15.5 Å². The van der Waals surface area contributed by atoms with Gasteiger partial charge in [0.25, 0.3) is 0 Å². The largest absolute Gasteiger partial charge is 0.366 e. The number of para-hydroxylation sites is 1. The number of amides is 2. The minimum atomic E-state index is -0.348. The molecule has 2 N–H and O–H groups in total. The molecule has 0 radical (unpaired) electrons. The van der Waals surface area contributed by atoms with Gasteiger partial charge >= 0.3 is 0 Å². The number of carbonyl (C=O) groups is 2. The van der Waals surface area contributed by atoms with E-state index in [1.54, 1.807) is 0 Å². The van der Waals surface area contributed by atoms with E-state index in [1.807, 2.05) is 35.2 Å². The van der Waals surface area contributed by atoms with Gasteiger partial charge in [-0.25, -0.2) is 0 Å². The Balaban J connectivity index is 1.41. The Labute approximate surface area is 172 Å². The van der Waals surface area contributed by atoms with Crippen molar-refractivity contribution in [1.29, 1.82) is 0 Å². The van der Waals surface area contributed by atoms with Crippen molar-refractivity contribution in [3.8, 4) is 0 Å². The van der Waals surface area contributed by atoms with E-state index in [0.717, 1.165) is 63.1 Å². The van der Waals surface area contributed by atoms with Crippen LogP contribution in [0, 0.1) is 0 Å². The van der Waals surface area contributed by atoms with Gasteiger partial charge in [-0.05, 0) is 61.4 Å². The highest BCUT2D eigenvalue weighted by Crippen LogP contribution is 2.30. The Hall–Kier alpha value is -2.66. The van der Waals surface area contributed by atoms with Crippen LogP contribution in [0.4, 0.5) is 5.69 Å². The van der Waals surface area contributed by atoms with E-state index in [-0.39, 0.29) is 11.8 Å². The second kappa shape index (κ2) is 8.78. The molecule has 5 heteroatoms. The summed E-state index contributed by atoms with van der Waals surface area (Å²) in [6, 6.07) is 16.0. The van der Waals surface area contributed by atoms with Gasteiger partial charge in [0.05, 0.1) is 0 Å². The zero-order valence-corrected chi connectivity index (χ0v) is 16.8. The number of hydrogen-bond donors (Lipinski definition) is 1. The summed E-state index contributed by atoms with van der Waals surface area (Å²) >= 11 is 0. The fourth-order valence-electron chi connectivity index (χ4n) is 4.69. The summed E-state index contributed by atoms with van der Waals surface area (Å²) < 4.78 is 0. The molecule has 2 aliphatic heterocycles. The molecule has 0 aliphatic carbocycles. The van der Waals surface area contributed by atoms with Crippen molar-refractivity contribution in [2.24, 2.45) is 5.73 Å². The zero-order valence-electron chi connectivity index (χ0n) is 16.8. The molecule has 1 unspecified atom stereocenters. The van der Waals surface area contributed by atoms with Crippen molar-refractivity contribution in [3.63, 3.8) is 0 Å². The fourth-order valence-corrected chi connectivity index (χ4v) is 4.69. The maximum absolute atomic E-state index is 12.4. The Kier molecular flexibility index (Phi) is 5.95. The van der Waals surface area contributed by atoms with Gasteiger partial charge in [0.2, 0.25) is 11.8 Å². The van der Waals surface area contributed by atoms with Crippen molar-refractivity contribution < 1.29 is 9.59 Å². The molecule has 5 nitrogen and oxygen atoms in total. The smallest absolute Gasteiger partial charge is 0.248 e. The lowest BCUT2D eigenvalue weighted by Gasteiger charge is -2.29. The van der Waals surface area contributed by atoms with Gasteiger partial charge in [-0.3, -0.25) is 9.59 Å². The molecule has 0 saturated carbocycles. The summed E-state index contributed by atoms with van der Waals surface area (Å²) in [5.41, 5.74) is 9.60. The van der Waals surface area contributed by atoms with Crippen LogP contribution < -0.4 is 10.6 Å². The number of benzene rings is 2. The molecule has 2 amide bonds. The third-order valence-corrected chi connectivity index (χ3v) is 6.24. The summed E-state index contributed by atoms with van der Waals surface area (Å²) in [5.74, 6) is 0.241. The first-order valence-corrected chi connectivity index (χ1v) is 10.6. The molecule has 152 valence electrons. The number of nitrogens with two attached hydrogens (primary N) is 1. The van der Waals surface area contributed by atoms with Crippen LogP contribution in [0.2, 0.25) is 0 Å². The van der Waals surface area contributed by atoms with Gasteiger partial charge in [0, 0.05) is 37.3 Å². The minimum absolute atomic E-state index is 0.244. The molecule has 0 spiro atoms. The normalized spacial score (nSPS) is 20.2. The van der Waals surface area contributed by atoms with E-state index in [4.69, 9.17) is 5.73 Å². The summed E-state index contributed by atoms with van der Waals surface area (Å²) in [5, 5.41) is 0. The lowest BCUT2D eigenvalue weighted by molar-refractivity contribution is -0.119. The van der Waals surface area contributed by atoms with E-state index in [1.165, 1.54) is 5.56 Å². The van der Waals surface area contributed by atoms with Crippen LogP contribution in [-0.2, 0) is 11.2 Å². The number of anilines is 1. The predicted molar refractivity (Wildman–Crippen MR) is 115 cm³/mol. The number of primary amides is 1. The second-order valence-electron chi connectivity index (χ2n) is 8.12. The van der Waals surface area contributed by atoms with Crippen molar-refractivity contribution in [2.45, 2.75) is 38.0 Å². The third-order valence-electron chi connectivity index (χ3n) is 6.24. The van der Waals surface area contributed by atoms with Crippen LogP contribution in [0.5, 0.6) is 0 Å². The van der Waals surface area contributed by atoms with Crippen LogP contribution in [0.25, 0.3) is 0 Å². The molecule has 2 aliphatic rings. The molecular weight excluding hydrogens is 362 g/mol. The van der Waals surface area contributed by atoms with Gasteiger partial charge in [0.15, 0.2) is 0 Å². The van der Waals surface area contributed by atoms with Gasteiger partial charge in [-0.15, -0.1) is 0 Å². The SMILES string of the molecule is NC(=O)c1ccccc1C1CCN(CCc2ccccc2N2CCCCC2=O)C1. The Morgan fingerprint density at radius 1 is 1.03 bits per heavy atom. The first-order chi connectivity index (χ1) is 14.1. The van der Waals surface area contributed by atoms with E-state index in [0.29, 0.717) is 17.9 Å². The van der Waals surface area contributed by atoms with E-state index < -0.39 is 0 Å². The van der Waals surface area contributed by atoms with E-state index >= 15 is 0 Å². The summed E-state index contributed by atoms with van der Waals surface area (Å²) in [4.78, 5) is 28.6. The first-order valence-electron chi connectivity index (χ1n) is 10.6. The standard InChI is InChI=1S/C24H29N3O2/c25-24(29)21-9-3-2-8-20(21)19-13-16-26(17-19)15-12-18-7-1-4-10-22(18)27-14-6-5-11-23(27)28/h1-4,7-10,19H,5-6,11-17H2,(H2,25,29). The molecule has 2 saturated heterocycles. The molecule has 4 rings (SSSR count). The molecule has 2 heterocycles. The highest BCUT2D eigenvalue weighted by molar-refractivity contribution is 5.95. The Bertz CT molecular complexity index is 895. The Morgan fingerprint density at radius 2 is 1.83 bits per heavy atom. The van der Waals surface area contributed by atoms with Gasteiger partial charge in [-0.1, -0.05) is 36.4 Å². The van der Waals surface area contributed by atoms with Crippen molar-refractivity contribution in [1.82, 2.24) is 4.90 Å². The highest BCUT2D eigenvalue weighted by atomic mass is 16.2. The minimum Gasteiger partial charge on any atom is -0.366 e. The molecule has 2 aromatic rings. The lowest BCUT2D eigenvalue weighted by Crippen LogP contribution is -2.36. The fraction of sp³-hybridized carbons (Fsp3) is 0.417. The topological polar surface area (TPSA) is 66.6 Å². The van der Waals surface area contributed by atoms with Crippen LogP contribution in [0.1, 0.15) is 53.1 Å². The van der Waals surface area contributed by atoms with Crippen molar-refractivity contribution in [3.05, 3.63) is 65.2 Å². The molecule has 2 fully saturated rings. The van der Waals surface area contributed by atoms with Crippen LogP contribution in [-0.4, -0.2) is 42.9 Å². The number of carbonyl (C=O) groups excluding carboxylic acids is 2. The van der Waals surface area contributed by atoms with Crippen LogP contribution >= 0.6 is 0 Å². The summed E-state index contributed by atoms with van der Waals surface area (Å²) in [7, 11) is 0. The van der Waals surface area contributed by atoms with E-state index in [2.05, 4.69) is 23.1 Å². The number of likely N-dealkylation sites (tertiary alicyclic amines) is 1. The Morgan fingerprint density at radius 3 is 2.66 bits per heavy atom. The van der Waals surface area contributed by atoms with Gasteiger partial charge in [0.1, 0.15) is 0 Å². The summed E-state index contributed by atoms with van der Waals surface area (Å²) in [6.45, 7) is 3.73. The monoisotopic (exact) mass is 391 g/mol. The van der Waals surface area contributed by atoms with Crippen molar-refractivity contribution >= 4 is 17.5 Å². The van der Waals surface area contributed by atoms with Gasteiger partial charge in [-0.2, -0.15) is 0 Å². The molecule has 1 atom stereocenters. The highest BCUT2D eigenvalue weighted by Gasteiger charge is 2.27. The van der Waals surface area contributed by atoms with Crippen LogP contribution in [0.3, 0.4) is 0 Å². The quantitative estimate of drug-likeness (QED) is 0.821. The number of nitrogens with zero attached hydrogens (tertiary/aromatic N) is 2. The number of rotatable bonds is 6. The predicted octanol–water partition coefficient (Wildman–Crippen LogP) is 3.33. The number of piperidine rings is 1. The van der Waals surface area contributed by atoms with Crippen molar-refractivity contribution in [2.75, 3.05) is 31.1 Å². The first kappa shape index (κ1) is 19.6. The summed E-state index contributed by atoms with van der Waals surface area (Å²) in [6.07, 6.45) is 4.69. The van der Waals surface area contributed by atoms with Crippen LogP contribution in [0.15, 0.2) is 48.5 Å². The average Bonchev–Trinajstić information content (AvgIpc) is 3.22. The average molecular weight is 392 g/mol. The maximum atomic E-state index is 12.4. The lowest BCUT2D eigenvalue weighted by atomic mass is 9.93. The zero-order chi connectivity index (χ0) is 20.2. The molecule has 2 aromatic carbocycles. The molecule has 29 heavy (non-hydrogen) atoms.